The number of thioether (sulfide) groups is 1. The summed E-state index contributed by atoms with van der Waals surface area (Å²) in [6.45, 7) is 0. The molecule has 1 amide bonds. The number of anilines is 1. The molecule has 0 atom stereocenters. The van der Waals surface area contributed by atoms with Gasteiger partial charge in [0.2, 0.25) is 5.91 Å². The second-order valence-corrected chi connectivity index (χ2v) is 5.81. The van der Waals surface area contributed by atoms with Crippen molar-refractivity contribution in [3.8, 4) is 17.7 Å². The maximum Gasteiger partial charge on any atom is 0.276 e. The van der Waals surface area contributed by atoms with Gasteiger partial charge >= 0.3 is 0 Å². The number of nitriles is 1. The zero-order valence-electron chi connectivity index (χ0n) is 12.5. The molecule has 0 aliphatic carbocycles. The molecule has 7 nitrogen and oxygen atoms in total. The average molecular weight is 339 g/mol. The Morgan fingerprint density at radius 2 is 2.17 bits per heavy atom. The number of amides is 1. The number of para-hydroxylation sites is 1. The van der Waals surface area contributed by atoms with Crippen molar-refractivity contribution in [3.63, 3.8) is 0 Å². The van der Waals surface area contributed by atoms with Gasteiger partial charge in [0.15, 0.2) is 0 Å². The molecular formula is C16H13N5O2S. The van der Waals surface area contributed by atoms with Crippen molar-refractivity contribution in [2.24, 2.45) is 0 Å². The molecule has 2 aromatic heterocycles. The Morgan fingerprint density at radius 3 is 2.96 bits per heavy atom. The normalized spacial score (nSPS) is 10.3. The van der Waals surface area contributed by atoms with Gasteiger partial charge in [0, 0.05) is 18.4 Å². The van der Waals surface area contributed by atoms with Crippen LogP contribution in [-0.2, 0) is 4.79 Å². The molecule has 2 N–H and O–H groups in total. The number of nitrogens with one attached hydrogen (secondary N) is 2. The number of aromatic nitrogens is 3. The lowest BCUT2D eigenvalue weighted by Crippen LogP contribution is -2.13. The fraction of sp³-hybridized carbons (Fsp3) is 0.125. The molecule has 0 aliphatic rings. The van der Waals surface area contributed by atoms with E-state index in [2.05, 4.69) is 20.5 Å². The van der Waals surface area contributed by atoms with Gasteiger partial charge in [-0.05, 0) is 24.3 Å². The minimum absolute atomic E-state index is 0.172. The van der Waals surface area contributed by atoms with E-state index in [1.54, 1.807) is 30.5 Å². The molecule has 3 rings (SSSR count). The maximum atomic E-state index is 12.0. The molecule has 120 valence electrons. The van der Waals surface area contributed by atoms with Crippen LogP contribution in [0, 0.1) is 11.3 Å². The van der Waals surface area contributed by atoms with Crippen molar-refractivity contribution < 1.29 is 9.21 Å². The van der Waals surface area contributed by atoms with Crippen molar-refractivity contribution in [1.29, 1.82) is 5.26 Å². The van der Waals surface area contributed by atoms with Gasteiger partial charge in [-0.1, -0.05) is 23.9 Å². The first-order valence-corrected chi connectivity index (χ1v) is 8.14. The number of rotatable bonds is 6. The highest BCUT2D eigenvalue weighted by atomic mass is 32.2. The van der Waals surface area contributed by atoms with Gasteiger partial charge in [-0.3, -0.25) is 4.79 Å². The second-order valence-electron chi connectivity index (χ2n) is 4.76. The van der Waals surface area contributed by atoms with Crippen LogP contribution in [-0.4, -0.2) is 26.8 Å². The summed E-state index contributed by atoms with van der Waals surface area (Å²) in [5.41, 5.74) is 1.70. The maximum absolute atomic E-state index is 12.0. The Kier molecular flexibility index (Phi) is 4.93. The third-order valence-electron chi connectivity index (χ3n) is 3.11. The lowest BCUT2D eigenvalue weighted by atomic mass is 10.2. The van der Waals surface area contributed by atoms with Crippen molar-refractivity contribution in [2.75, 3.05) is 11.1 Å². The van der Waals surface area contributed by atoms with E-state index >= 15 is 0 Å². The summed E-state index contributed by atoms with van der Waals surface area (Å²) < 4.78 is 5.50. The Hall–Kier alpha value is -3.05. The number of hydrogen-bond acceptors (Lipinski definition) is 6. The molecule has 0 fully saturated rings. The van der Waals surface area contributed by atoms with Crippen molar-refractivity contribution >= 4 is 23.4 Å². The first kappa shape index (κ1) is 15.8. The molecule has 0 saturated heterocycles. The minimum Gasteiger partial charge on any atom is -0.410 e. The number of aromatic amines is 1. The fourth-order valence-corrected chi connectivity index (χ4v) is 2.67. The molecule has 1 aromatic carbocycles. The number of nitrogens with zero attached hydrogens (tertiary/aromatic N) is 3. The minimum atomic E-state index is -0.172. The van der Waals surface area contributed by atoms with Crippen LogP contribution >= 0.6 is 11.8 Å². The Labute approximate surface area is 142 Å². The van der Waals surface area contributed by atoms with Gasteiger partial charge in [0.25, 0.3) is 11.1 Å². The molecule has 8 heteroatoms. The van der Waals surface area contributed by atoms with E-state index in [0.29, 0.717) is 28.1 Å². The lowest BCUT2D eigenvalue weighted by Gasteiger charge is -2.05. The number of hydrogen-bond donors (Lipinski definition) is 2. The second kappa shape index (κ2) is 7.48. The molecule has 2 heterocycles. The van der Waals surface area contributed by atoms with Gasteiger partial charge in [-0.15, -0.1) is 10.2 Å². The monoisotopic (exact) mass is 339 g/mol. The zero-order chi connectivity index (χ0) is 16.8. The van der Waals surface area contributed by atoms with Gasteiger partial charge in [-0.25, -0.2) is 0 Å². The fourth-order valence-electron chi connectivity index (χ4n) is 1.97. The first-order chi connectivity index (χ1) is 11.8. The van der Waals surface area contributed by atoms with Crippen molar-refractivity contribution in [3.05, 3.63) is 48.2 Å². The average Bonchev–Trinajstić information content (AvgIpc) is 3.26. The van der Waals surface area contributed by atoms with E-state index in [9.17, 15) is 4.79 Å². The van der Waals surface area contributed by atoms with E-state index in [0.717, 1.165) is 5.69 Å². The van der Waals surface area contributed by atoms with E-state index in [1.807, 2.05) is 18.2 Å². The topological polar surface area (TPSA) is 108 Å². The standard InChI is InChI=1S/C16H13N5O2S/c17-10-11-4-1-2-5-12(11)19-14(22)7-9-24-16-21-20-15(23-16)13-6-3-8-18-13/h1-6,8,18H,7,9H2,(H,19,22). The van der Waals surface area contributed by atoms with Gasteiger partial charge in [0.05, 0.1) is 11.3 Å². The van der Waals surface area contributed by atoms with Crippen LogP contribution < -0.4 is 5.32 Å². The van der Waals surface area contributed by atoms with Crippen molar-refractivity contribution in [2.45, 2.75) is 11.6 Å². The zero-order valence-corrected chi connectivity index (χ0v) is 13.3. The summed E-state index contributed by atoms with van der Waals surface area (Å²) in [5.74, 6) is 0.733. The predicted octanol–water partition coefficient (Wildman–Crippen LogP) is 3.06. The van der Waals surface area contributed by atoms with E-state index < -0.39 is 0 Å². The summed E-state index contributed by atoms with van der Waals surface area (Å²) in [5, 5.41) is 20.0. The Bertz CT molecular complexity index is 867. The molecule has 0 spiro atoms. The third-order valence-corrected chi connectivity index (χ3v) is 3.93. The highest BCUT2D eigenvalue weighted by molar-refractivity contribution is 7.99. The van der Waals surface area contributed by atoms with Crippen LogP contribution in [0.15, 0.2) is 52.2 Å². The molecule has 24 heavy (non-hydrogen) atoms. The lowest BCUT2D eigenvalue weighted by molar-refractivity contribution is -0.115. The van der Waals surface area contributed by atoms with Crippen molar-refractivity contribution in [1.82, 2.24) is 15.2 Å². The predicted molar refractivity (Wildman–Crippen MR) is 89.2 cm³/mol. The SMILES string of the molecule is N#Cc1ccccc1NC(=O)CCSc1nnc(-c2ccc[nH]2)o1. The van der Waals surface area contributed by atoms with E-state index in [4.69, 9.17) is 9.68 Å². The Balaban J connectivity index is 1.50. The molecule has 3 aromatic rings. The summed E-state index contributed by atoms with van der Waals surface area (Å²) in [7, 11) is 0. The van der Waals surface area contributed by atoms with E-state index in [1.165, 1.54) is 11.8 Å². The van der Waals surface area contributed by atoms with Crippen LogP contribution in [0.25, 0.3) is 11.6 Å². The molecule has 0 aliphatic heterocycles. The molecular weight excluding hydrogens is 326 g/mol. The number of carbonyl (C=O) groups excluding carboxylic acids is 1. The van der Waals surface area contributed by atoms with Gasteiger partial charge in [-0.2, -0.15) is 5.26 Å². The first-order valence-electron chi connectivity index (χ1n) is 7.15. The quantitative estimate of drug-likeness (QED) is 0.668. The largest absolute Gasteiger partial charge is 0.410 e. The smallest absolute Gasteiger partial charge is 0.276 e. The summed E-state index contributed by atoms with van der Waals surface area (Å²) in [6.07, 6.45) is 2.04. The number of benzene rings is 1. The van der Waals surface area contributed by atoms with Crippen LogP contribution in [0.3, 0.4) is 0 Å². The number of carbonyl (C=O) groups is 1. The van der Waals surface area contributed by atoms with Crippen LogP contribution in [0.5, 0.6) is 0 Å². The molecule has 0 radical (unpaired) electrons. The van der Waals surface area contributed by atoms with Gasteiger partial charge in [0.1, 0.15) is 11.8 Å². The van der Waals surface area contributed by atoms with Crippen LogP contribution in [0.4, 0.5) is 5.69 Å². The van der Waals surface area contributed by atoms with E-state index in [-0.39, 0.29) is 12.3 Å². The highest BCUT2D eigenvalue weighted by Crippen LogP contribution is 2.22. The van der Waals surface area contributed by atoms with Crippen LogP contribution in [0.1, 0.15) is 12.0 Å². The third kappa shape index (κ3) is 3.83. The molecule has 0 unspecified atom stereocenters. The summed E-state index contributed by atoms with van der Waals surface area (Å²) in [4.78, 5) is 14.9. The molecule has 0 saturated carbocycles. The Morgan fingerprint density at radius 1 is 1.29 bits per heavy atom. The summed E-state index contributed by atoms with van der Waals surface area (Å²) in [6, 6.07) is 12.6. The van der Waals surface area contributed by atoms with Gasteiger partial charge < -0.3 is 14.7 Å². The summed E-state index contributed by atoms with van der Waals surface area (Å²) >= 11 is 1.31. The molecule has 0 bridgehead atoms. The highest BCUT2D eigenvalue weighted by Gasteiger charge is 2.11. The van der Waals surface area contributed by atoms with Crippen LogP contribution in [0.2, 0.25) is 0 Å². The number of H-pyrrole nitrogens is 1.